The lowest BCUT2D eigenvalue weighted by atomic mass is 10.0. The van der Waals surface area contributed by atoms with Crippen molar-refractivity contribution >= 4 is 0 Å². The predicted octanol–water partition coefficient (Wildman–Crippen LogP) is 3.64. The molecule has 0 aliphatic carbocycles. The van der Waals surface area contributed by atoms with Crippen LogP contribution in [0, 0.1) is 0 Å². The van der Waals surface area contributed by atoms with Crippen molar-refractivity contribution in [2.75, 3.05) is 0 Å². The van der Waals surface area contributed by atoms with Gasteiger partial charge in [0.1, 0.15) is 0 Å². The van der Waals surface area contributed by atoms with Gasteiger partial charge in [0, 0.05) is 17.8 Å². The molecule has 1 aromatic carbocycles. The highest BCUT2D eigenvalue weighted by molar-refractivity contribution is 5.29. The third-order valence-electron chi connectivity index (χ3n) is 4.10. The number of hydrogen-bond donors (Lipinski definition) is 1. The van der Waals surface area contributed by atoms with E-state index >= 15 is 0 Å². The molecule has 0 fully saturated rings. The monoisotopic (exact) mass is 285 g/mol. The summed E-state index contributed by atoms with van der Waals surface area (Å²) >= 11 is 0. The number of aromatic nitrogens is 2. The van der Waals surface area contributed by atoms with Crippen LogP contribution in [-0.2, 0) is 25.9 Å². The number of rotatable bonds is 6. The molecule has 114 valence electrons. The highest BCUT2D eigenvalue weighted by atomic mass is 15.3. The molecule has 0 bridgehead atoms. The summed E-state index contributed by atoms with van der Waals surface area (Å²) in [5, 5.41) is 4.76. The van der Waals surface area contributed by atoms with Gasteiger partial charge in [-0.05, 0) is 29.9 Å². The van der Waals surface area contributed by atoms with E-state index in [4.69, 9.17) is 10.8 Å². The standard InChI is InChI=1S/C18H27N3/c1-5-17-16(11-19)18(6-2)21(20-17)12-14-7-9-15(10-8-14)13(3)4/h7-10,13H,5-6,11-12,19H2,1-4H3. The quantitative estimate of drug-likeness (QED) is 0.880. The Morgan fingerprint density at radius 2 is 1.76 bits per heavy atom. The van der Waals surface area contributed by atoms with E-state index < -0.39 is 0 Å². The van der Waals surface area contributed by atoms with Crippen LogP contribution in [0.25, 0.3) is 0 Å². The van der Waals surface area contributed by atoms with Crippen molar-refractivity contribution in [2.24, 2.45) is 5.73 Å². The van der Waals surface area contributed by atoms with Gasteiger partial charge in [-0.3, -0.25) is 4.68 Å². The van der Waals surface area contributed by atoms with Crippen LogP contribution < -0.4 is 5.73 Å². The van der Waals surface area contributed by atoms with Gasteiger partial charge in [0.2, 0.25) is 0 Å². The Balaban J connectivity index is 2.28. The largest absolute Gasteiger partial charge is 0.326 e. The van der Waals surface area contributed by atoms with E-state index in [1.807, 2.05) is 0 Å². The summed E-state index contributed by atoms with van der Waals surface area (Å²) < 4.78 is 2.13. The lowest BCUT2D eigenvalue weighted by Crippen LogP contribution is -2.08. The third kappa shape index (κ3) is 3.35. The van der Waals surface area contributed by atoms with Crippen molar-refractivity contribution in [2.45, 2.75) is 59.5 Å². The molecular formula is C18H27N3. The summed E-state index contributed by atoms with van der Waals surface area (Å²) in [6.07, 6.45) is 1.92. The second-order valence-corrected chi connectivity index (χ2v) is 5.84. The number of nitrogens with two attached hydrogens (primary N) is 1. The zero-order valence-corrected chi connectivity index (χ0v) is 13.7. The van der Waals surface area contributed by atoms with Crippen LogP contribution in [0.1, 0.15) is 61.7 Å². The molecule has 0 unspecified atom stereocenters. The van der Waals surface area contributed by atoms with Gasteiger partial charge in [-0.25, -0.2) is 0 Å². The second-order valence-electron chi connectivity index (χ2n) is 5.84. The minimum absolute atomic E-state index is 0.575. The molecule has 0 spiro atoms. The highest BCUT2D eigenvalue weighted by Gasteiger charge is 2.14. The average Bonchev–Trinajstić information content (AvgIpc) is 2.84. The van der Waals surface area contributed by atoms with Crippen molar-refractivity contribution in [3.63, 3.8) is 0 Å². The third-order valence-corrected chi connectivity index (χ3v) is 4.10. The maximum atomic E-state index is 5.91. The lowest BCUT2D eigenvalue weighted by molar-refractivity contribution is 0.639. The Labute approximate surface area is 128 Å². The number of hydrogen-bond acceptors (Lipinski definition) is 2. The molecule has 2 N–H and O–H groups in total. The van der Waals surface area contributed by atoms with Crippen molar-refractivity contribution in [3.8, 4) is 0 Å². The molecule has 0 aliphatic rings. The molecule has 21 heavy (non-hydrogen) atoms. The average molecular weight is 285 g/mol. The number of aryl methyl sites for hydroxylation is 1. The van der Waals surface area contributed by atoms with Crippen molar-refractivity contribution in [1.82, 2.24) is 9.78 Å². The van der Waals surface area contributed by atoms with Gasteiger partial charge < -0.3 is 5.73 Å². The molecule has 1 aromatic heterocycles. The minimum atomic E-state index is 0.575. The Hall–Kier alpha value is -1.61. The molecule has 0 saturated heterocycles. The number of benzene rings is 1. The van der Waals surface area contributed by atoms with E-state index in [9.17, 15) is 0 Å². The first-order valence-corrected chi connectivity index (χ1v) is 7.96. The zero-order valence-electron chi connectivity index (χ0n) is 13.7. The summed E-state index contributed by atoms with van der Waals surface area (Å²) in [7, 11) is 0. The molecule has 3 heteroatoms. The number of nitrogens with zero attached hydrogens (tertiary/aromatic N) is 2. The molecule has 2 aromatic rings. The first-order chi connectivity index (χ1) is 10.1. The Bertz CT molecular complexity index is 579. The maximum Gasteiger partial charge on any atom is 0.0669 e. The minimum Gasteiger partial charge on any atom is -0.326 e. The van der Waals surface area contributed by atoms with E-state index in [0.717, 1.165) is 25.1 Å². The molecule has 0 amide bonds. The van der Waals surface area contributed by atoms with E-state index in [1.165, 1.54) is 22.4 Å². The van der Waals surface area contributed by atoms with Crippen LogP contribution in [0.4, 0.5) is 0 Å². The van der Waals surface area contributed by atoms with Crippen LogP contribution in [0.2, 0.25) is 0 Å². The highest BCUT2D eigenvalue weighted by Crippen LogP contribution is 2.19. The first kappa shape index (κ1) is 15.8. The summed E-state index contributed by atoms with van der Waals surface area (Å²) in [4.78, 5) is 0. The topological polar surface area (TPSA) is 43.8 Å². The first-order valence-electron chi connectivity index (χ1n) is 7.96. The van der Waals surface area contributed by atoms with Crippen molar-refractivity contribution in [3.05, 3.63) is 52.3 Å². The van der Waals surface area contributed by atoms with E-state index in [0.29, 0.717) is 12.5 Å². The van der Waals surface area contributed by atoms with E-state index in [1.54, 1.807) is 0 Å². The second kappa shape index (κ2) is 6.90. The predicted molar refractivity (Wildman–Crippen MR) is 88.5 cm³/mol. The van der Waals surface area contributed by atoms with Crippen LogP contribution >= 0.6 is 0 Å². The van der Waals surface area contributed by atoms with Gasteiger partial charge in [0.05, 0.1) is 12.2 Å². The fourth-order valence-electron chi connectivity index (χ4n) is 2.82. The zero-order chi connectivity index (χ0) is 15.4. The molecular weight excluding hydrogens is 258 g/mol. The van der Waals surface area contributed by atoms with Crippen molar-refractivity contribution < 1.29 is 0 Å². The van der Waals surface area contributed by atoms with E-state index in [-0.39, 0.29) is 0 Å². The SMILES string of the molecule is CCc1nn(Cc2ccc(C(C)C)cc2)c(CC)c1CN. The van der Waals surface area contributed by atoms with Gasteiger partial charge in [0.25, 0.3) is 0 Å². The van der Waals surface area contributed by atoms with Crippen LogP contribution in [0.5, 0.6) is 0 Å². The Morgan fingerprint density at radius 1 is 1.10 bits per heavy atom. The smallest absolute Gasteiger partial charge is 0.0669 e. The van der Waals surface area contributed by atoms with Gasteiger partial charge in [-0.15, -0.1) is 0 Å². The summed E-state index contributed by atoms with van der Waals surface area (Å²) in [6.45, 7) is 10.2. The molecule has 0 radical (unpaired) electrons. The molecule has 2 rings (SSSR count). The molecule has 3 nitrogen and oxygen atoms in total. The van der Waals surface area contributed by atoms with Gasteiger partial charge >= 0.3 is 0 Å². The molecule has 0 atom stereocenters. The fraction of sp³-hybridized carbons (Fsp3) is 0.500. The summed E-state index contributed by atoms with van der Waals surface area (Å²) in [5.74, 6) is 0.575. The molecule has 0 saturated carbocycles. The summed E-state index contributed by atoms with van der Waals surface area (Å²) in [6, 6.07) is 8.87. The lowest BCUT2D eigenvalue weighted by Gasteiger charge is -2.09. The van der Waals surface area contributed by atoms with Crippen LogP contribution in [0.15, 0.2) is 24.3 Å². The normalized spacial score (nSPS) is 11.3. The maximum absolute atomic E-state index is 5.91. The van der Waals surface area contributed by atoms with Gasteiger partial charge in [0.15, 0.2) is 0 Å². The van der Waals surface area contributed by atoms with Gasteiger partial charge in [-0.1, -0.05) is 52.0 Å². The fourth-order valence-corrected chi connectivity index (χ4v) is 2.82. The van der Waals surface area contributed by atoms with E-state index in [2.05, 4.69) is 56.6 Å². The van der Waals surface area contributed by atoms with Gasteiger partial charge in [-0.2, -0.15) is 5.10 Å². The summed E-state index contributed by atoms with van der Waals surface area (Å²) in [5.41, 5.74) is 12.2. The van der Waals surface area contributed by atoms with Crippen molar-refractivity contribution in [1.29, 1.82) is 0 Å². The van der Waals surface area contributed by atoms with Crippen LogP contribution in [0.3, 0.4) is 0 Å². The molecule has 0 aliphatic heterocycles. The Kier molecular flexibility index (Phi) is 5.18. The molecule has 1 heterocycles. The Morgan fingerprint density at radius 3 is 2.24 bits per heavy atom. The van der Waals surface area contributed by atoms with Crippen LogP contribution in [-0.4, -0.2) is 9.78 Å².